The molecule has 22 heavy (non-hydrogen) atoms. The third kappa shape index (κ3) is 2.94. The van der Waals surface area contributed by atoms with Gasteiger partial charge in [-0.3, -0.25) is 10.1 Å². The summed E-state index contributed by atoms with van der Waals surface area (Å²) in [6.07, 6.45) is 1.64. The summed E-state index contributed by atoms with van der Waals surface area (Å²) in [4.78, 5) is 18.9. The molecular formula is C15H11N3O3S. The summed E-state index contributed by atoms with van der Waals surface area (Å²) in [6, 6.07) is 11.9. The topological polar surface area (TPSA) is 77.6 Å². The maximum atomic E-state index is 10.6. The van der Waals surface area contributed by atoms with E-state index in [1.54, 1.807) is 25.5 Å². The number of aliphatic imine (C=N–C) groups is 1. The molecule has 110 valence electrons. The highest BCUT2D eigenvalue weighted by Gasteiger charge is 2.05. The fourth-order valence-electron chi connectivity index (χ4n) is 1.89. The second-order valence-corrected chi connectivity index (χ2v) is 5.45. The first-order chi connectivity index (χ1) is 10.7. The molecule has 0 unspecified atom stereocenters. The lowest BCUT2D eigenvalue weighted by Crippen LogP contribution is -1.88. The molecule has 0 saturated carbocycles. The van der Waals surface area contributed by atoms with Gasteiger partial charge in [-0.15, -0.1) is 0 Å². The molecule has 0 N–H and O–H groups in total. The van der Waals surface area contributed by atoms with Crippen LogP contribution in [0.2, 0.25) is 0 Å². The normalized spacial score (nSPS) is 11.1. The van der Waals surface area contributed by atoms with Crippen LogP contribution in [-0.4, -0.2) is 23.2 Å². The number of hydrogen-bond acceptors (Lipinski definition) is 6. The van der Waals surface area contributed by atoms with Crippen LogP contribution in [0.3, 0.4) is 0 Å². The standard InChI is InChI=1S/C15H11N3O3S/c1-21-12-6-7-13-14(8-12)22-15(17-13)16-9-10-2-4-11(5-3-10)18(19)20/h2-9H,1H3. The smallest absolute Gasteiger partial charge is 0.269 e. The predicted molar refractivity (Wildman–Crippen MR) is 86.5 cm³/mol. The van der Waals surface area contributed by atoms with Gasteiger partial charge in [-0.2, -0.15) is 0 Å². The van der Waals surface area contributed by atoms with E-state index >= 15 is 0 Å². The van der Waals surface area contributed by atoms with Crippen molar-refractivity contribution in [2.45, 2.75) is 0 Å². The van der Waals surface area contributed by atoms with Gasteiger partial charge in [0.25, 0.3) is 5.69 Å². The maximum absolute atomic E-state index is 10.6. The molecule has 6 nitrogen and oxygen atoms in total. The zero-order chi connectivity index (χ0) is 15.5. The van der Waals surface area contributed by atoms with Gasteiger partial charge >= 0.3 is 0 Å². The van der Waals surface area contributed by atoms with E-state index in [1.807, 2.05) is 18.2 Å². The van der Waals surface area contributed by atoms with Gasteiger partial charge in [0.15, 0.2) is 0 Å². The summed E-state index contributed by atoms with van der Waals surface area (Å²) in [6.45, 7) is 0. The molecule has 0 radical (unpaired) electrons. The van der Waals surface area contributed by atoms with Crippen molar-refractivity contribution < 1.29 is 9.66 Å². The van der Waals surface area contributed by atoms with E-state index in [9.17, 15) is 10.1 Å². The largest absolute Gasteiger partial charge is 0.497 e. The van der Waals surface area contributed by atoms with Crippen molar-refractivity contribution in [3.8, 4) is 5.75 Å². The lowest BCUT2D eigenvalue weighted by Gasteiger charge is -1.96. The second-order valence-electron chi connectivity index (χ2n) is 4.44. The van der Waals surface area contributed by atoms with Crippen molar-refractivity contribution in [2.24, 2.45) is 4.99 Å². The van der Waals surface area contributed by atoms with E-state index in [1.165, 1.54) is 23.5 Å². The molecule has 3 rings (SSSR count). The van der Waals surface area contributed by atoms with Gasteiger partial charge in [-0.05, 0) is 35.9 Å². The second kappa shape index (κ2) is 5.90. The van der Waals surface area contributed by atoms with Crippen molar-refractivity contribution in [3.63, 3.8) is 0 Å². The highest BCUT2D eigenvalue weighted by molar-refractivity contribution is 7.22. The number of non-ortho nitro benzene ring substituents is 1. The lowest BCUT2D eigenvalue weighted by atomic mass is 10.2. The first-order valence-electron chi connectivity index (χ1n) is 6.39. The van der Waals surface area contributed by atoms with Crippen molar-refractivity contribution in [1.82, 2.24) is 4.98 Å². The van der Waals surface area contributed by atoms with Gasteiger partial charge in [-0.25, -0.2) is 9.98 Å². The molecule has 0 fully saturated rings. The molecule has 3 aromatic rings. The van der Waals surface area contributed by atoms with Crippen molar-refractivity contribution >= 4 is 38.6 Å². The summed E-state index contributed by atoms with van der Waals surface area (Å²) in [5.41, 5.74) is 1.70. The quantitative estimate of drug-likeness (QED) is 0.415. The number of nitro groups is 1. The number of rotatable bonds is 4. The summed E-state index contributed by atoms with van der Waals surface area (Å²) in [7, 11) is 1.62. The number of hydrogen-bond donors (Lipinski definition) is 0. The van der Waals surface area contributed by atoms with Gasteiger partial charge in [0, 0.05) is 18.3 Å². The Balaban J connectivity index is 1.84. The average molecular weight is 313 g/mol. The summed E-state index contributed by atoms with van der Waals surface area (Å²) in [5.74, 6) is 0.780. The van der Waals surface area contributed by atoms with E-state index in [2.05, 4.69) is 9.98 Å². The Morgan fingerprint density at radius 1 is 1.27 bits per heavy atom. The molecule has 2 aromatic carbocycles. The third-order valence-electron chi connectivity index (χ3n) is 3.01. The highest BCUT2D eigenvalue weighted by atomic mass is 32.1. The molecule has 0 atom stereocenters. The van der Waals surface area contributed by atoms with Crippen LogP contribution in [0, 0.1) is 10.1 Å². The number of nitro benzene ring substituents is 1. The number of methoxy groups -OCH3 is 1. The van der Waals surface area contributed by atoms with Gasteiger partial charge in [0.1, 0.15) is 5.75 Å². The van der Waals surface area contributed by atoms with Crippen LogP contribution in [0.15, 0.2) is 47.5 Å². The molecule has 0 aliphatic heterocycles. The molecule has 0 amide bonds. The number of benzene rings is 2. The van der Waals surface area contributed by atoms with Gasteiger partial charge in [-0.1, -0.05) is 11.3 Å². The molecule has 1 aromatic heterocycles. The number of ether oxygens (including phenoxy) is 1. The van der Waals surface area contributed by atoms with Crippen LogP contribution in [0.25, 0.3) is 10.2 Å². The number of thiazole rings is 1. The van der Waals surface area contributed by atoms with Crippen molar-refractivity contribution in [3.05, 3.63) is 58.1 Å². The molecule has 0 spiro atoms. The Bertz CT molecular complexity index is 856. The number of aromatic nitrogens is 1. The summed E-state index contributed by atoms with van der Waals surface area (Å²) in [5, 5.41) is 11.2. The van der Waals surface area contributed by atoms with E-state index < -0.39 is 4.92 Å². The van der Waals surface area contributed by atoms with E-state index in [0.29, 0.717) is 5.13 Å². The SMILES string of the molecule is COc1ccc2nc(N=Cc3ccc([N+](=O)[O-])cc3)sc2c1. The molecule has 0 aliphatic carbocycles. The first kappa shape index (κ1) is 14.2. The minimum atomic E-state index is -0.429. The number of fused-ring (bicyclic) bond motifs is 1. The zero-order valence-corrected chi connectivity index (χ0v) is 12.4. The fourth-order valence-corrected chi connectivity index (χ4v) is 2.73. The first-order valence-corrected chi connectivity index (χ1v) is 7.20. The molecule has 0 aliphatic rings. The van der Waals surface area contributed by atoms with Crippen LogP contribution >= 0.6 is 11.3 Å². The van der Waals surface area contributed by atoms with Crippen LogP contribution in [0.5, 0.6) is 5.75 Å². The Kier molecular flexibility index (Phi) is 3.80. The monoisotopic (exact) mass is 313 g/mol. The molecule has 1 heterocycles. The van der Waals surface area contributed by atoms with Crippen LogP contribution in [0.1, 0.15) is 5.56 Å². The molecule has 0 bridgehead atoms. The lowest BCUT2D eigenvalue weighted by molar-refractivity contribution is -0.384. The van der Waals surface area contributed by atoms with Gasteiger partial charge < -0.3 is 4.74 Å². The molecular weight excluding hydrogens is 302 g/mol. The molecule has 0 saturated heterocycles. The van der Waals surface area contributed by atoms with E-state index in [4.69, 9.17) is 4.74 Å². The Morgan fingerprint density at radius 3 is 2.73 bits per heavy atom. The van der Waals surface area contributed by atoms with E-state index in [-0.39, 0.29) is 5.69 Å². The highest BCUT2D eigenvalue weighted by Crippen LogP contribution is 2.30. The van der Waals surface area contributed by atoms with Crippen LogP contribution < -0.4 is 4.74 Å². The van der Waals surface area contributed by atoms with Crippen LogP contribution in [-0.2, 0) is 0 Å². The van der Waals surface area contributed by atoms with E-state index in [0.717, 1.165) is 21.5 Å². The third-order valence-corrected chi connectivity index (χ3v) is 3.94. The minimum Gasteiger partial charge on any atom is -0.497 e. The van der Waals surface area contributed by atoms with Crippen LogP contribution in [0.4, 0.5) is 10.8 Å². The van der Waals surface area contributed by atoms with Crippen molar-refractivity contribution in [2.75, 3.05) is 7.11 Å². The predicted octanol–water partition coefficient (Wildman–Crippen LogP) is 3.96. The van der Waals surface area contributed by atoms with Crippen molar-refractivity contribution in [1.29, 1.82) is 0 Å². The Morgan fingerprint density at radius 2 is 2.05 bits per heavy atom. The maximum Gasteiger partial charge on any atom is 0.269 e. The molecule has 7 heteroatoms. The number of nitrogens with zero attached hydrogens (tertiary/aromatic N) is 3. The fraction of sp³-hybridized carbons (Fsp3) is 0.0667. The summed E-state index contributed by atoms with van der Waals surface area (Å²) < 4.78 is 6.17. The minimum absolute atomic E-state index is 0.0595. The van der Waals surface area contributed by atoms with Gasteiger partial charge in [0.05, 0.1) is 22.2 Å². The Labute approximate surface area is 129 Å². The zero-order valence-electron chi connectivity index (χ0n) is 11.6. The Hall–Kier alpha value is -2.80. The van der Waals surface area contributed by atoms with Gasteiger partial charge in [0.2, 0.25) is 5.13 Å². The summed E-state index contributed by atoms with van der Waals surface area (Å²) >= 11 is 1.46. The average Bonchev–Trinajstić information content (AvgIpc) is 2.95.